The Kier molecular flexibility index (Phi) is 2.03. The van der Waals surface area contributed by atoms with Crippen molar-refractivity contribution >= 4 is 17.2 Å². The lowest BCUT2D eigenvalue weighted by molar-refractivity contribution is -0.137. The van der Waals surface area contributed by atoms with Crippen LogP contribution in [0.3, 0.4) is 0 Å². The first-order chi connectivity index (χ1) is 7.00. The smallest absolute Gasteiger partial charge is 0.352 e. The second kappa shape index (κ2) is 3.12. The van der Waals surface area contributed by atoms with E-state index in [2.05, 4.69) is 4.98 Å². The van der Waals surface area contributed by atoms with E-state index < -0.39 is 11.7 Å². The molecule has 0 bridgehead atoms. The number of carbonyl (C=O) groups is 1. The normalized spacial score (nSPS) is 11.9. The van der Waals surface area contributed by atoms with Gasteiger partial charge in [-0.2, -0.15) is 13.2 Å². The first-order valence-corrected chi connectivity index (χ1v) is 4.16. The van der Waals surface area contributed by atoms with Crippen LogP contribution in [0, 0.1) is 0 Å². The average Bonchev–Trinajstić information content (AvgIpc) is 2.57. The minimum Gasteiger partial charge on any atom is -0.352 e. The van der Waals surface area contributed by atoms with Crippen LogP contribution in [0.15, 0.2) is 24.3 Å². The molecule has 0 aliphatic carbocycles. The van der Waals surface area contributed by atoms with Gasteiger partial charge in [-0.25, -0.2) is 0 Å². The highest BCUT2D eigenvalue weighted by molar-refractivity contribution is 5.88. The molecule has 1 N–H and O–H groups in total. The van der Waals surface area contributed by atoms with Gasteiger partial charge in [0.25, 0.3) is 0 Å². The molecule has 15 heavy (non-hydrogen) atoms. The highest BCUT2D eigenvalue weighted by Crippen LogP contribution is 2.31. The molecule has 0 aliphatic rings. The fourth-order valence-electron chi connectivity index (χ4n) is 1.39. The molecule has 5 heteroatoms. The quantitative estimate of drug-likeness (QED) is 0.725. The molecule has 1 aromatic carbocycles. The third-order valence-corrected chi connectivity index (χ3v) is 2.10. The fourth-order valence-corrected chi connectivity index (χ4v) is 1.39. The summed E-state index contributed by atoms with van der Waals surface area (Å²) in [6.07, 6.45) is -3.80. The lowest BCUT2D eigenvalue weighted by Crippen LogP contribution is -2.03. The first kappa shape index (κ1) is 9.76. The van der Waals surface area contributed by atoms with E-state index in [-0.39, 0.29) is 5.69 Å². The van der Waals surface area contributed by atoms with Crippen LogP contribution in [-0.4, -0.2) is 11.3 Å². The summed E-state index contributed by atoms with van der Waals surface area (Å²) in [5.41, 5.74) is -0.148. The summed E-state index contributed by atoms with van der Waals surface area (Å²) in [4.78, 5) is 13.0. The number of aromatic nitrogens is 1. The number of carbonyl (C=O) groups excluding carboxylic acids is 1. The predicted molar refractivity (Wildman–Crippen MR) is 48.7 cm³/mol. The number of hydrogen-bond donors (Lipinski definition) is 1. The number of benzene rings is 1. The molecule has 0 saturated carbocycles. The van der Waals surface area contributed by atoms with Crippen LogP contribution in [0.4, 0.5) is 13.2 Å². The van der Waals surface area contributed by atoms with Crippen LogP contribution in [0.5, 0.6) is 0 Å². The number of aldehydes is 1. The molecule has 1 aromatic heterocycles. The molecule has 0 radical (unpaired) electrons. The van der Waals surface area contributed by atoms with E-state index in [9.17, 15) is 18.0 Å². The molecule has 0 saturated heterocycles. The van der Waals surface area contributed by atoms with Crippen LogP contribution >= 0.6 is 0 Å². The minimum atomic E-state index is -4.36. The number of halogens is 3. The molecule has 2 rings (SSSR count). The van der Waals surface area contributed by atoms with E-state index in [1.165, 1.54) is 12.1 Å². The topological polar surface area (TPSA) is 32.9 Å². The zero-order valence-corrected chi connectivity index (χ0v) is 7.43. The number of aromatic amines is 1. The molecule has 0 aliphatic heterocycles. The Balaban J connectivity index is 2.60. The standard InChI is InChI=1S/C10H6F3NO/c11-10(12,13)7-2-1-6-3-8(5-15)14-9(6)4-7/h1-5,14H. The van der Waals surface area contributed by atoms with E-state index in [0.717, 1.165) is 12.1 Å². The Labute approximate surface area is 82.7 Å². The van der Waals surface area contributed by atoms with Gasteiger partial charge in [-0.15, -0.1) is 0 Å². The van der Waals surface area contributed by atoms with Crippen LogP contribution in [-0.2, 0) is 6.18 Å². The lowest BCUT2D eigenvalue weighted by atomic mass is 10.1. The molecule has 0 unspecified atom stereocenters. The molecule has 1 heterocycles. The van der Waals surface area contributed by atoms with Gasteiger partial charge in [0, 0.05) is 10.9 Å². The Morgan fingerprint density at radius 2 is 1.93 bits per heavy atom. The molecule has 78 valence electrons. The van der Waals surface area contributed by atoms with Crippen molar-refractivity contribution in [2.45, 2.75) is 6.18 Å². The Hall–Kier alpha value is -1.78. The summed E-state index contributed by atoms with van der Waals surface area (Å²) in [7, 11) is 0. The SMILES string of the molecule is O=Cc1cc2ccc(C(F)(F)F)cc2[nH]1. The van der Waals surface area contributed by atoms with E-state index in [1.807, 2.05) is 0 Å². The van der Waals surface area contributed by atoms with E-state index >= 15 is 0 Å². The van der Waals surface area contributed by atoms with Gasteiger partial charge in [-0.05, 0) is 18.2 Å². The van der Waals surface area contributed by atoms with Crippen molar-refractivity contribution in [3.05, 3.63) is 35.5 Å². The van der Waals surface area contributed by atoms with Crippen molar-refractivity contribution in [2.24, 2.45) is 0 Å². The molecule has 0 amide bonds. The number of fused-ring (bicyclic) bond motifs is 1. The van der Waals surface area contributed by atoms with Gasteiger partial charge < -0.3 is 4.98 Å². The van der Waals surface area contributed by atoms with Crippen molar-refractivity contribution in [3.8, 4) is 0 Å². The maximum atomic E-state index is 12.3. The summed E-state index contributed by atoms with van der Waals surface area (Å²) in [5, 5.41) is 0.588. The van der Waals surface area contributed by atoms with Crippen LogP contribution in [0.1, 0.15) is 16.1 Å². The summed E-state index contributed by atoms with van der Waals surface area (Å²) in [6.45, 7) is 0. The van der Waals surface area contributed by atoms with Gasteiger partial charge in [0.2, 0.25) is 0 Å². The number of rotatable bonds is 1. The van der Waals surface area contributed by atoms with Crippen molar-refractivity contribution < 1.29 is 18.0 Å². The zero-order chi connectivity index (χ0) is 11.1. The number of H-pyrrole nitrogens is 1. The summed E-state index contributed by atoms with van der Waals surface area (Å²) < 4.78 is 37.0. The highest BCUT2D eigenvalue weighted by atomic mass is 19.4. The van der Waals surface area contributed by atoms with Crippen molar-refractivity contribution in [2.75, 3.05) is 0 Å². The minimum absolute atomic E-state index is 0.268. The Morgan fingerprint density at radius 3 is 2.53 bits per heavy atom. The number of alkyl halides is 3. The van der Waals surface area contributed by atoms with E-state index in [4.69, 9.17) is 0 Å². The van der Waals surface area contributed by atoms with Crippen LogP contribution in [0.2, 0.25) is 0 Å². The van der Waals surface area contributed by atoms with E-state index in [0.29, 0.717) is 17.2 Å². The maximum absolute atomic E-state index is 12.3. The van der Waals surface area contributed by atoms with Gasteiger partial charge in [-0.3, -0.25) is 4.79 Å². The van der Waals surface area contributed by atoms with Gasteiger partial charge in [-0.1, -0.05) is 6.07 Å². The molecular weight excluding hydrogens is 207 g/mol. The fraction of sp³-hybridized carbons (Fsp3) is 0.100. The molecule has 2 aromatic rings. The van der Waals surface area contributed by atoms with Gasteiger partial charge in [0.15, 0.2) is 6.29 Å². The van der Waals surface area contributed by atoms with Crippen LogP contribution < -0.4 is 0 Å². The molecule has 2 nitrogen and oxygen atoms in total. The average molecular weight is 213 g/mol. The summed E-state index contributed by atoms with van der Waals surface area (Å²) >= 11 is 0. The number of nitrogens with one attached hydrogen (secondary N) is 1. The largest absolute Gasteiger partial charge is 0.416 e. The Bertz CT molecular complexity index is 513. The molecular formula is C10H6F3NO. The van der Waals surface area contributed by atoms with Crippen molar-refractivity contribution in [1.82, 2.24) is 4.98 Å². The summed E-state index contributed by atoms with van der Waals surface area (Å²) in [6, 6.07) is 4.82. The number of hydrogen-bond acceptors (Lipinski definition) is 1. The lowest BCUT2D eigenvalue weighted by Gasteiger charge is -2.05. The summed E-state index contributed by atoms with van der Waals surface area (Å²) in [5.74, 6) is 0. The van der Waals surface area contributed by atoms with Gasteiger partial charge in [0.1, 0.15) is 0 Å². The third kappa shape index (κ3) is 1.72. The predicted octanol–water partition coefficient (Wildman–Crippen LogP) is 3.00. The third-order valence-electron chi connectivity index (χ3n) is 2.10. The zero-order valence-electron chi connectivity index (χ0n) is 7.43. The van der Waals surface area contributed by atoms with Gasteiger partial charge in [0.05, 0.1) is 11.3 Å². The van der Waals surface area contributed by atoms with Crippen molar-refractivity contribution in [3.63, 3.8) is 0 Å². The monoisotopic (exact) mass is 213 g/mol. The second-order valence-corrected chi connectivity index (χ2v) is 3.14. The molecule has 0 atom stereocenters. The van der Waals surface area contributed by atoms with Crippen LogP contribution in [0.25, 0.3) is 10.9 Å². The second-order valence-electron chi connectivity index (χ2n) is 3.14. The maximum Gasteiger partial charge on any atom is 0.416 e. The molecule has 0 spiro atoms. The van der Waals surface area contributed by atoms with E-state index in [1.54, 1.807) is 0 Å². The first-order valence-electron chi connectivity index (χ1n) is 4.16. The van der Waals surface area contributed by atoms with Gasteiger partial charge >= 0.3 is 6.18 Å². The Morgan fingerprint density at radius 1 is 1.20 bits per heavy atom. The molecule has 0 fully saturated rings. The highest BCUT2D eigenvalue weighted by Gasteiger charge is 2.30. The van der Waals surface area contributed by atoms with Crippen molar-refractivity contribution in [1.29, 1.82) is 0 Å².